The number of rotatable bonds is 9. The minimum atomic E-state index is -0.428. The number of amides is 1. The number of carbonyl (C=O) groups is 1. The van der Waals surface area contributed by atoms with Crippen molar-refractivity contribution >= 4 is 55.0 Å². The molecule has 7 nitrogen and oxygen atoms in total. The zero-order valence-electron chi connectivity index (χ0n) is 17.2. The predicted molar refractivity (Wildman–Crippen MR) is 125 cm³/mol. The molecular formula is C21H24N4O3S2. The minimum Gasteiger partial charge on any atom is -0.309 e. The molecule has 3 aromatic rings. The van der Waals surface area contributed by atoms with Crippen LogP contribution < -0.4 is 4.90 Å². The Bertz CT molecular complexity index is 1070. The summed E-state index contributed by atoms with van der Waals surface area (Å²) in [6.07, 6.45) is 4.85. The Balaban J connectivity index is 1.84. The fraction of sp³-hybridized carbons (Fsp3) is 0.333. The molecule has 0 atom stereocenters. The molecule has 0 aliphatic heterocycles. The van der Waals surface area contributed by atoms with Crippen LogP contribution in [0.1, 0.15) is 23.8 Å². The van der Waals surface area contributed by atoms with Crippen LogP contribution in [0, 0.1) is 10.1 Å². The van der Waals surface area contributed by atoms with Gasteiger partial charge in [0.15, 0.2) is 5.13 Å². The SMILES string of the molecule is CCc1ccc2nc(N(CCCN(C)C)C(=O)/C=C/c3ccc([N+](=O)[O-])s3)sc2c1. The maximum Gasteiger partial charge on any atom is 0.324 e. The van der Waals surface area contributed by atoms with Crippen LogP contribution in [-0.4, -0.2) is 47.9 Å². The smallest absolute Gasteiger partial charge is 0.309 e. The highest BCUT2D eigenvalue weighted by Crippen LogP contribution is 2.30. The lowest BCUT2D eigenvalue weighted by Gasteiger charge is -2.19. The van der Waals surface area contributed by atoms with Gasteiger partial charge in [-0.3, -0.25) is 19.8 Å². The maximum atomic E-state index is 13.0. The van der Waals surface area contributed by atoms with E-state index < -0.39 is 4.92 Å². The number of aromatic nitrogens is 1. The van der Waals surface area contributed by atoms with E-state index in [1.165, 1.54) is 29.0 Å². The molecule has 0 unspecified atom stereocenters. The third-order valence-electron chi connectivity index (χ3n) is 4.52. The van der Waals surface area contributed by atoms with Gasteiger partial charge in [-0.1, -0.05) is 35.7 Å². The summed E-state index contributed by atoms with van der Waals surface area (Å²) in [7, 11) is 4.00. The summed E-state index contributed by atoms with van der Waals surface area (Å²) in [6.45, 7) is 3.52. The number of benzene rings is 1. The Morgan fingerprint density at radius 3 is 2.67 bits per heavy atom. The number of hydrogen-bond acceptors (Lipinski definition) is 7. The first-order valence-corrected chi connectivity index (χ1v) is 11.3. The van der Waals surface area contributed by atoms with Crippen molar-refractivity contribution in [2.24, 2.45) is 0 Å². The van der Waals surface area contributed by atoms with Crippen molar-refractivity contribution in [3.63, 3.8) is 0 Å². The average molecular weight is 445 g/mol. The summed E-state index contributed by atoms with van der Waals surface area (Å²) in [5, 5.41) is 11.6. The van der Waals surface area contributed by atoms with Crippen molar-refractivity contribution < 1.29 is 9.72 Å². The first kappa shape index (κ1) is 22.1. The molecule has 1 aromatic carbocycles. The normalized spacial score (nSPS) is 11.6. The van der Waals surface area contributed by atoms with E-state index in [0.717, 1.165) is 40.9 Å². The van der Waals surface area contributed by atoms with Gasteiger partial charge in [-0.2, -0.15) is 0 Å². The summed E-state index contributed by atoms with van der Waals surface area (Å²) in [5.41, 5.74) is 2.12. The molecule has 30 heavy (non-hydrogen) atoms. The Labute approximate surface area is 183 Å². The van der Waals surface area contributed by atoms with Crippen molar-refractivity contribution in [1.29, 1.82) is 0 Å². The number of thiazole rings is 1. The van der Waals surface area contributed by atoms with Crippen LogP contribution in [0.3, 0.4) is 0 Å². The van der Waals surface area contributed by atoms with Crippen molar-refractivity contribution in [1.82, 2.24) is 9.88 Å². The quantitative estimate of drug-likeness (QED) is 0.268. The molecule has 0 aliphatic carbocycles. The molecule has 3 rings (SSSR count). The molecule has 0 radical (unpaired) electrons. The van der Waals surface area contributed by atoms with E-state index in [4.69, 9.17) is 0 Å². The second-order valence-corrected chi connectivity index (χ2v) is 9.17. The molecular weight excluding hydrogens is 420 g/mol. The van der Waals surface area contributed by atoms with Gasteiger partial charge in [-0.25, -0.2) is 4.98 Å². The lowest BCUT2D eigenvalue weighted by molar-refractivity contribution is -0.380. The number of carbonyl (C=O) groups excluding carboxylic acids is 1. The van der Waals surface area contributed by atoms with E-state index >= 15 is 0 Å². The van der Waals surface area contributed by atoms with Crippen LogP contribution in [0.15, 0.2) is 36.4 Å². The lowest BCUT2D eigenvalue weighted by atomic mass is 10.2. The molecule has 0 spiro atoms. The molecule has 2 aromatic heterocycles. The number of nitro groups is 1. The molecule has 0 fully saturated rings. The Morgan fingerprint density at radius 1 is 1.20 bits per heavy atom. The third kappa shape index (κ3) is 5.50. The fourth-order valence-corrected chi connectivity index (χ4v) is 4.70. The molecule has 158 valence electrons. The van der Waals surface area contributed by atoms with Gasteiger partial charge in [-0.05, 0) is 63.3 Å². The average Bonchev–Trinajstić information content (AvgIpc) is 3.35. The maximum absolute atomic E-state index is 13.0. The number of fused-ring (bicyclic) bond motifs is 1. The van der Waals surface area contributed by atoms with E-state index in [-0.39, 0.29) is 10.9 Å². The summed E-state index contributed by atoms with van der Waals surface area (Å²) >= 11 is 2.56. The van der Waals surface area contributed by atoms with E-state index in [1.54, 1.807) is 17.0 Å². The minimum absolute atomic E-state index is 0.0582. The van der Waals surface area contributed by atoms with Crippen molar-refractivity contribution in [3.8, 4) is 0 Å². The van der Waals surface area contributed by atoms with Gasteiger partial charge in [0, 0.05) is 23.6 Å². The van der Waals surface area contributed by atoms with Crippen molar-refractivity contribution in [2.45, 2.75) is 19.8 Å². The van der Waals surface area contributed by atoms with Crippen LogP contribution >= 0.6 is 22.7 Å². The molecule has 0 bridgehead atoms. The second-order valence-electron chi connectivity index (χ2n) is 7.07. The van der Waals surface area contributed by atoms with Gasteiger partial charge in [0.25, 0.3) is 5.91 Å². The van der Waals surface area contributed by atoms with E-state index in [1.807, 2.05) is 20.2 Å². The van der Waals surface area contributed by atoms with Crippen LogP contribution in [-0.2, 0) is 11.2 Å². The van der Waals surface area contributed by atoms with E-state index in [2.05, 4.69) is 28.9 Å². The standard InChI is InChI=1S/C21H24N4O3S2/c1-4-15-6-9-17-18(14-15)30-21(22-17)24(13-5-12-23(2)3)19(26)10-7-16-8-11-20(29-16)25(27)28/h6-11,14H,4-5,12-13H2,1-3H3/b10-7+. The highest BCUT2D eigenvalue weighted by atomic mass is 32.1. The fourth-order valence-electron chi connectivity index (χ4n) is 2.91. The molecule has 0 saturated heterocycles. The molecule has 1 amide bonds. The van der Waals surface area contributed by atoms with Crippen LogP contribution in [0.5, 0.6) is 0 Å². The molecule has 9 heteroatoms. The molecule has 2 heterocycles. The Hall–Kier alpha value is -2.62. The van der Waals surface area contributed by atoms with Crippen LogP contribution in [0.2, 0.25) is 0 Å². The first-order valence-electron chi connectivity index (χ1n) is 9.65. The summed E-state index contributed by atoms with van der Waals surface area (Å²) in [6, 6.07) is 9.28. The Morgan fingerprint density at radius 2 is 2.00 bits per heavy atom. The highest BCUT2D eigenvalue weighted by molar-refractivity contribution is 7.22. The zero-order valence-corrected chi connectivity index (χ0v) is 18.8. The van der Waals surface area contributed by atoms with E-state index in [9.17, 15) is 14.9 Å². The lowest BCUT2D eigenvalue weighted by Crippen LogP contribution is -2.32. The third-order valence-corrected chi connectivity index (χ3v) is 6.56. The molecule has 0 saturated carbocycles. The molecule has 0 aliphatic rings. The monoisotopic (exact) mass is 444 g/mol. The van der Waals surface area contributed by atoms with Crippen LogP contribution in [0.4, 0.5) is 10.1 Å². The summed E-state index contributed by atoms with van der Waals surface area (Å²) in [5.74, 6) is -0.181. The largest absolute Gasteiger partial charge is 0.324 e. The second kappa shape index (κ2) is 9.92. The Kier molecular flexibility index (Phi) is 7.30. The zero-order chi connectivity index (χ0) is 21.7. The molecule has 0 N–H and O–H groups in total. The highest BCUT2D eigenvalue weighted by Gasteiger charge is 2.18. The number of nitrogens with zero attached hydrogens (tertiary/aromatic N) is 4. The number of anilines is 1. The first-order chi connectivity index (χ1) is 14.4. The van der Waals surface area contributed by atoms with Gasteiger partial charge in [-0.15, -0.1) is 0 Å². The summed E-state index contributed by atoms with van der Waals surface area (Å²) in [4.78, 5) is 32.5. The van der Waals surface area contributed by atoms with Gasteiger partial charge >= 0.3 is 5.00 Å². The van der Waals surface area contributed by atoms with Crippen molar-refractivity contribution in [2.75, 3.05) is 32.1 Å². The number of aryl methyl sites for hydroxylation is 1. The summed E-state index contributed by atoms with van der Waals surface area (Å²) < 4.78 is 1.06. The van der Waals surface area contributed by atoms with Gasteiger partial charge in [0.05, 0.1) is 15.1 Å². The van der Waals surface area contributed by atoms with Crippen molar-refractivity contribution in [3.05, 3.63) is 57.0 Å². The van der Waals surface area contributed by atoms with Gasteiger partial charge in [0.2, 0.25) is 0 Å². The van der Waals surface area contributed by atoms with E-state index in [0.29, 0.717) is 16.6 Å². The topological polar surface area (TPSA) is 79.6 Å². The number of hydrogen-bond donors (Lipinski definition) is 0. The number of thiophene rings is 1. The van der Waals surface area contributed by atoms with Gasteiger partial charge < -0.3 is 4.90 Å². The predicted octanol–water partition coefficient (Wildman–Crippen LogP) is 4.83. The van der Waals surface area contributed by atoms with Gasteiger partial charge in [0.1, 0.15) is 0 Å². The van der Waals surface area contributed by atoms with Crippen LogP contribution in [0.25, 0.3) is 16.3 Å².